The van der Waals surface area contributed by atoms with Crippen LogP contribution in [0.3, 0.4) is 0 Å². The number of aromatic carboxylic acids is 1. The minimum Gasteiger partial charge on any atom is -0.478 e. The molecule has 1 aliphatic heterocycles. The maximum atomic E-state index is 12.6. The number of nitrogens with one attached hydrogen (secondary N) is 1. The van der Waals surface area contributed by atoms with Crippen LogP contribution in [-0.2, 0) is 4.79 Å². The monoisotopic (exact) mass is 409 g/mol. The standard InChI is InChI=1S/C20H16ClN5O3/c21-16-12(7-4-9-23-16)14(17(22)27)26-15-13(20(28)29)8-10-24-18(15)25-19(26)11-5-2-1-3-6-11/h1-10,14,19H,(H2,22,27)(H,24,25)(H,28,29). The fraction of sp³-hybridized carbons (Fsp3) is 0.100. The van der Waals surface area contributed by atoms with Crippen molar-refractivity contribution in [3.8, 4) is 0 Å². The number of amides is 1. The van der Waals surface area contributed by atoms with Gasteiger partial charge in [0.2, 0.25) is 5.91 Å². The van der Waals surface area contributed by atoms with Crippen LogP contribution in [0.1, 0.15) is 33.7 Å². The highest BCUT2D eigenvalue weighted by molar-refractivity contribution is 6.30. The van der Waals surface area contributed by atoms with Gasteiger partial charge in [0.15, 0.2) is 5.82 Å². The Labute approximate surface area is 171 Å². The van der Waals surface area contributed by atoms with E-state index in [0.717, 1.165) is 5.56 Å². The summed E-state index contributed by atoms with van der Waals surface area (Å²) >= 11 is 6.27. The van der Waals surface area contributed by atoms with Crippen molar-refractivity contribution in [3.63, 3.8) is 0 Å². The van der Waals surface area contributed by atoms with E-state index in [1.807, 2.05) is 30.3 Å². The Morgan fingerprint density at radius 3 is 2.52 bits per heavy atom. The van der Waals surface area contributed by atoms with E-state index in [1.165, 1.54) is 18.5 Å². The van der Waals surface area contributed by atoms with Gasteiger partial charge in [-0.3, -0.25) is 4.79 Å². The van der Waals surface area contributed by atoms with E-state index in [1.54, 1.807) is 17.0 Å². The van der Waals surface area contributed by atoms with Crippen LogP contribution in [0.2, 0.25) is 5.15 Å². The number of fused-ring (bicyclic) bond motifs is 1. The second-order valence-electron chi connectivity index (χ2n) is 6.41. The van der Waals surface area contributed by atoms with Crippen molar-refractivity contribution >= 4 is 35.0 Å². The predicted molar refractivity (Wildman–Crippen MR) is 108 cm³/mol. The van der Waals surface area contributed by atoms with E-state index in [4.69, 9.17) is 17.3 Å². The highest BCUT2D eigenvalue weighted by atomic mass is 35.5. The summed E-state index contributed by atoms with van der Waals surface area (Å²) in [6.07, 6.45) is 2.31. The number of nitrogens with two attached hydrogens (primary N) is 1. The Balaban J connectivity index is 1.97. The molecular formula is C20H16ClN5O3. The number of hydrogen-bond donors (Lipinski definition) is 3. The number of rotatable bonds is 5. The van der Waals surface area contributed by atoms with Crippen LogP contribution in [0, 0.1) is 0 Å². The molecule has 0 aliphatic carbocycles. The largest absolute Gasteiger partial charge is 0.478 e. The first-order valence-corrected chi connectivity index (χ1v) is 9.08. The van der Waals surface area contributed by atoms with Crippen molar-refractivity contribution in [2.24, 2.45) is 5.73 Å². The van der Waals surface area contributed by atoms with Crippen molar-refractivity contribution in [1.82, 2.24) is 9.97 Å². The molecule has 0 saturated carbocycles. The summed E-state index contributed by atoms with van der Waals surface area (Å²) in [5.74, 6) is -1.51. The van der Waals surface area contributed by atoms with Gasteiger partial charge in [0.1, 0.15) is 17.4 Å². The number of nitrogens with zero attached hydrogens (tertiary/aromatic N) is 3. The zero-order valence-electron chi connectivity index (χ0n) is 15.0. The van der Waals surface area contributed by atoms with Crippen molar-refractivity contribution < 1.29 is 14.7 Å². The summed E-state index contributed by atoms with van der Waals surface area (Å²) in [6, 6.07) is 12.9. The van der Waals surface area contributed by atoms with E-state index in [-0.39, 0.29) is 16.4 Å². The third kappa shape index (κ3) is 3.23. The molecule has 29 heavy (non-hydrogen) atoms. The van der Waals surface area contributed by atoms with E-state index >= 15 is 0 Å². The molecule has 9 heteroatoms. The number of carboxylic acids is 1. The molecule has 2 atom stereocenters. The second-order valence-corrected chi connectivity index (χ2v) is 6.77. The summed E-state index contributed by atoms with van der Waals surface area (Å²) in [6.45, 7) is 0. The van der Waals surface area contributed by atoms with Gasteiger partial charge in [-0.15, -0.1) is 0 Å². The van der Waals surface area contributed by atoms with Gasteiger partial charge in [0, 0.05) is 18.0 Å². The molecule has 0 bridgehead atoms. The van der Waals surface area contributed by atoms with Gasteiger partial charge < -0.3 is 21.1 Å². The number of carbonyl (C=O) groups excluding carboxylic acids is 1. The number of carboxylic acid groups (broad SMARTS) is 1. The molecular weight excluding hydrogens is 394 g/mol. The van der Waals surface area contributed by atoms with Gasteiger partial charge in [0.05, 0.1) is 11.3 Å². The molecule has 2 unspecified atom stereocenters. The molecule has 4 N–H and O–H groups in total. The molecule has 1 aromatic carbocycles. The fourth-order valence-corrected chi connectivity index (χ4v) is 3.74. The Hall–Kier alpha value is -3.65. The molecule has 0 fully saturated rings. The molecule has 3 aromatic rings. The quantitative estimate of drug-likeness (QED) is 0.554. The van der Waals surface area contributed by atoms with Crippen LogP contribution >= 0.6 is 11.6 Å². The lowest BCUT2D eigenvalue weighted by molar-refractivity contribution is -0.119. The lowest BCUT2D eigenvalue weighted by atomic mass is 10.0. The predicted octanol–water partition coefficient (Wildman–Crippen LogP) is 2.99. The zero-order valence-corrected chi connectivity index (χ0v) is 15.7. The van der Waals surface area contributed by atoms with Gasteiger partial charge in [-0.05, 0) is 17.7 Å². The number of halogens is 1. The number of aromatic nitrogens is 2. The Morgan fingerprint density at radius 1 is 1.10 bits per heavy atom. The Bertz CT molecular complexity index is 1090. The summed E-state index contributed by atoms with van der Waals surface area (Å²) in [7, 11) is 0. The van der Waals surface area contributed by atoms with Crippen LogP contribution < -0.4 is 16.0 Å². The summed E-state index contributed by atoms with van der Waals surface area (Å²) < 4.78 is 0. The number of primary amides is 1. The summed E-state index contributed by atoms with van der Waals surface area (Å²) in [5, 5.41) is 13.0. The SMILES string of the molecule is NC(=O)C(c1cccnc1Cl)N1c2c(C(=O)O)ccnc2NC1c1ccccc1. The smallest absolute Gasteiger partial charge is 0.338 e. The molecule has 1 amide bonds. The highest BCUT2D eigenvalue weighted by Gasteiger charge is 2.42. The average Bonchev–Trinajstić information content (AvgIpc) is 3.09. The Morgan fingerprint density at radius 2 is 1.86 bits per heavy atom. The summed E-state index contributed by atoms with van der Waals surface area (Å²) in [4.78, 5) is 34.4. The molecule has 2 aromatic heterocycles. The van der Waals surface area contributed by atoms with E-state index < -0.39 is 24.1 Å². The minimum absolute atomic E-state index is 0.00723. The molecule has 8 nitrogen and oxygen atoms in total. The number of anilines is 2. The maximum absolute atomic E-state index is 12.6. The lowest BCUT2D eigenvalue weighted by Crippen LogP contribution is -2.40. The van der Waals surface area contributed by atoms with Crippen LogP contribution in [-0.4, -0.2) is 27.0 Å². The molecule has 0 saturated heterocycles. The minimum atomic E-state index is -1.15. The number of hydrogen-bond acceptors (Lipinski definition) is 6. The molecule has 4 rings (SSSR count). The van der Waals surface area contributed by atoms with Crippen LogP contribution in [0.5, 0.6) is 0 Å². The number of carbonyl (C=O) groups is 2. The molecule has 3 heterocycles. The normalized spacial score (nSPS) is 16.0. The molecule has 0 radical (unpaired) electrons. The first-order valence-electron chi connectivity index (χ1n) is 8.71. The molecule has 1 aliphatic rings. The second kappa shape index (κ2) is 7.40. The number of pyridine rings is 2. The van der Waals surface area contributed by atoms with E-state index in [9.17, 15) is 14.7 Å². The highest BCUT2D eigenvalue weighted by Crippen LogP contribution is 2.47. The topological polar surface area (TPSA) is 121 Å². The van der Waals surface area contributed by atoms with Crippen molar-refractivity contribution in [1.29, 1.82) is 0 Å². The van der Waals surface area contributed by atoms with Crippen LogP contribution in [0.4, 0.5) is 11.5 Å². The van der Waals surface area contributed by atoms with E-state index in [0.29, 0.717) is 11.4 Å². The van der Waals surface area contributed by atoms with Gasteiger partial charge in [-0.2, -0.15) is 0 Å². The van der Waals surface area contributed by atoms with Crippen LogP contribution in [0.15, 0.2) is 60.9 Å². The summed E-state index contributed by atoms with van der Waals surface area (Å²) in [5.41, 5.74) is 7.20. The van der Waals surface area contributed by atoms with Gasteiger partial charge in [-0.25, -0.2) is 14.8 Å². The van der Waals surface area contributed by atoms with Gasteiger partial charge in [-0.1, -0.05) is 48.0 Å². The van der Waals surface area contributed by atoms with Crippen molar-refractivity contribution in [2.45, 2.75) is 12.2 Å². The molecule has 0 spiro atoms. The third-order valence-corrected chi connectivity index (χ3v) is 5.03. The Kier molecular flexibility index (Phi) is 4.77. The van der Waals surface area contributed by atoms with Crippen molar-refractivity contribution in [2.75, 3.05) is 10.2 Å². The zero-order chi connectivity index (χ0) is 20.5. The fourth-order valence-electron chi connectivity index (χ4n) is 3.52. The van der Waals surface area contributed by atoms with Gasteiger partial charge in [0.25, 0.3) is 0 Å². The third-order valence-electron chi connectivity index (χ3n) is 4.71. The van der Waals surface area contributed by atoms with Gasteiger partial charge >= 0.3 is 5.97 Å². The van der Waals surface area contributed by atoms with Crippen LogP contribution in [0.25, 0.3) is 0 Å². The lowest BCUT2D eigenvalue weighted by Gasteiger charge is -2.34. The van der Waals surface area contributed by atoms with Crippen molar-refractivity contribution in [3.05, 3.63) is 82.8 Å². The average molecular weight is 410 g/mol. The first kappa shape index (κ1) is 18.7. The van der Waals surface area contributed by atoms with E-state index in [2.05, 4.69) is 15.3 Å². The molecule has 146 valence electrons. The first-order chi connectivity index (χ1) is 14.0. The maximum Gasteiger partial charge on any atom is 0.338 e. The number of benzene rings is 1.